The highest BCUT2D eigenvalue weighted by Crippen LogP contribution is 2.30. The summed E-state index contributed by atoms with van der Waals surface area (Å²) in [4.78, 5) is 36.4. The number of rotatable bonds is 5. The number of thioether (sulfide) groups is 1. The van der Waals surface area contributed by atoms with Crippen LogP contribution in [-0.2, 0) is 9.59 Å². The molecule has 1 aliphatic rings. The lowest BCUT2D eigenvalue weighted by Gasteiger charge is -2.14. The van der Waals surface area contributed by atoms with Gasteiger partial charge in [0.15, 0.2) is 5.17 Å². The van der Waals surface area contributed by atoms with E-state index in [0.717, 1.165) is 21.1 Å². The van der Waals surface area contributed by atoms with Crippen molar-refractivity contribution < 1.29 is 14.5 Å². The zero-order valence-corrected chi connectivity index (χ0v) is 17.2. The van der Waals surface area contributed by atoms with Gasteiger partial charge in [-0.25, -0.2) is 4.90 Å². The highest BCUT2D eigenvalue weighted by molar-refractivity contribution is 9.10. The molecule has 11 heteroatoms. The van der Waals surface area contributed by atoms with E-state index in [-0.39, 0.29) is 34.7 Å². The van der Waals surface area contributed by atoms with Crippen molar-refractivity contribution in [2.75, 3.05) is 4.90 Å². The molecule has 0 spiro atoms. The van der Waals surface area contributed by atoms with Crippen molar-refractivity contribution in [3.8, 4) is 0 Å². The summed E-state index contributed by atoms with van der Waals surface area (Å²) in [6, 6.07) is 12.9. The minimum atomic E-state index is -0.712. The molecule has 0 aliphatic carbocycles. The lowest BCUT2D eigenvalue weighted by atomic mass is 10.2. The third-order valence-corrected chi connectivity index (χ3v) is 5.44. The summed E-state index contributed by atoms with van der Waals surface area (Å²) in [5, 5.41) is 17.8. The zero-order valence-electron chi connectivity index (χ0n) is 14.8. The van der Waals surface area contributed by atoms with Gasteiger partial charge < -0.3 is 5.73 Å². The fraction of sp³-hybridized carbons (Fsp3) is 0.111. The van der Waals surface area contributed by atoms with Crippen LogP contribution in [0.15, 0.2) is 63.2 Å². The Morgan fingerprint density at radius 2 is 1.93 bits per heavy atom. The summed E-state index contributed by atoms with van der Waals surface area (Å²) in [7, 11) is 0. The number of imide groups is 1. The molecule has 29 heavy (non-hydrogen) atoms. The van der Waals surface area contributed by atoms with Gasteiger partial charge in [-0.2, -0.15) is 5.10 Å². The summed E-state index contributed by atoms with van der Waals surface area (Å²) in [6.45, 7) is 0. The maximum Gasteiger partial charge on any atom is 0.278 e. The molecule has 2 aromatic rings. The molecular formula is C18H14BrN5O4S. The average Bonchev–Trinajstić information content (AvgIpc) is 2.96. The van der Waals surface area contributed by atoms with Gasteiger partial charge in [0.25, 0.3) is 5.69 Å². The number of nitro groups is 1. The number of hydrogen-bond donors (Lipinski definition) is 1. The number of carbonyl (C=O) groups is 2. The second-order valence-corrected chi connectivity index (χ2v) is 7.99. The molecule has 2 aromatic carbocycles. The number of amidine groups is 1. The SMILES string of the molecule is NC(=N/N=C\c1ccccc1[N+](=O)[O-])S[C@H]1CC(=O)N(c2ccc(Br)cc2)C1=O. The van der Waals surface area contributed by atoms with E-state index in [1.807, 2.05) is 0 Å². The van der Waals surface area contributed by atoms with Crippen LogP contribution in [0.25, 0.3) is 0 Å². The molecule has 0 radical (unpaired) electrons. The van der Waals surface area contributed by atoms with E-state index in [2.05, 4.69) is 26.1 Å². The molecule has 1 saturated heterocycles. The van der Waals surface area contributed by atoms with Crippen LogP contribution in [0.4, 0.5) is 11.4 Å². The molecule has 0 bridgehead atoms. The number of para-hydroxylation sites is 1. The summed E-state index contributed by atoms with van der Waals surface area (Å²) >= 11 is 4.23. The quantitative estimate of drug-likeness (QED) is 0.232. The molecule has 2 amide bonds. The molecule has 1 fully saturated rings. The van der Waals surface area contributed by atoms with E-state index in [0.29, 0.717) is 5.69 Å². The molecule has 3 rings (SSSR count). The first-order chi connectivity index (χ1) is 13.9. The van der Waals surface area contributed by atoms with Crippen molar-refractivity contribution in [3.05, 3.63) is 68.7 Å². The van der Waals surface area contributed by atoms with Crippen LogP contribution in [-0.4, -0.2) is 33.4 Å². The van der Waals surface area contributed by atoms with Gasteiger partial charge in [-0.1, -0.05) is 39.8 Å². The van der Waals surface area contributed by atoms with Crippen LogP contribution in [0.3, 0.4) is 0 Å². The molecule has 1 aliphatic heterocycles. The first-order valence-corrected chi connectivity index (χ1v) is 9.93. The Balaban J connectivity index is 1.68. The largest absolute Gasteiger partial charge is 0.377 e. The highest BCUT2D eigenvalue weighted by atomic mass is 79.9. The summed E-state index contributed by atoms with van der Waals surface area (Å²) in [6.07, 6.45) is 1.20. The van der Waals surface area contributed by atoms with E-state index in [4.69, 9.17) is 5.73 Å². The second-order valence-electron chi connectivity index (χ2n) is 5.85. The van der Waals surface area contributed by atoms with Gasteiger partial charge in [0.1, 0.15) is 5.25 Å². The van der Waals surface area contributed by atoms with Crippen LogP contribution >= 0.6 is 27.7 Å². The first kappa shape index (κ1) is 20.7. The molecule has 9 nitrogen and oxygen atoms in total. The number of carbonyl (C=O) groups excluding carboxylic acids is 2. The molecule has 0 aromatic heterocycles. The Hall–Kier alpha value is -3.05. The molecule has 148 valence electrons. The van der Waals surface area contributed by atoms with Crippen molar-refractivity contribution in [2.24, 2.45) is 15.9 Å². The van der Waals surface area contributed by atoms with Gasteiger partial charge in [-0.15, -0.1) is 5.10 Å². The molecule has 1 atom stereocenters. The minimum Gasteiger partial charge on any atom is -0.377 e. The van der Waals surface area contributed by atoms with Gasteiger partial charge in [0, 0.05) is 17.0 Å². The Bertz CT molecular complexity index is 1030. The number of amides is 2. The lowest BCUT2D eigenvalue weighted by molar-refractivity contribution is -0.385. The molecule has 2 N–H and O–H groups in total. The predicted octanol–water partition coefficient (Wildman–Crippen LogP) is 3.07. The van der Waals surface area contributed by atoms with E-state index in [1.165, 1.54) is 18.3 Å². The van der Waals surface area contributed by atoms with Gasteiger partial charge in [0.2, 0.25) is 11.8 Å². The third-order valence-electron chi connectivity index (χ3n) is 3.94. The van der Waals surface area contributed by atoms with Crippen LogP contribution in [0.2, 0.25) is 0 Å². The van der Waals surface area contributed by atoms with Crippen molar-refractivity contribution in [1.82, 2.24) is 0 Å². The summed E-state index contributed by atoms with van der Waals surface area (Å²) < 4.78 is 0.833. The fourth-order valence-electron chi connectivity index (χ4n) is 2.64. The fourth-order valence-corrected chi connectivity index (χ4v) is 3.72. The van der Waals surface area contributed by atoms with Crippen molar-refractivity contribution in [2.45, 2.75) is 11.7 Å². The molecule has 1 heterocycles. The van der Waals surface area contributed by atoms with Crippen LogP contribution in [0.5, 0.6) is 0 Å². The van der Waals surface area contributed by atoms with E-state index >= 15 is 0 Å². The third kappa shape index (κ3) is 4.87. The minimum absolute atomic E-state index is 0.0103. The van der Waals surface area contributed by atoms with E-state index in [9.17, 15) is 19.7 Å². The maximum absolute atomic E-state index is 12.6. The number of nitrogens with zero attached hydrogens (tertiary/aromatic N) is 4. The second kappa shape index (κ2) is 8.97. The molecule has 0 unspecified atom stereocenters. The maximum atomic E-state index is 12.6. The van der Waals surface area contributed by atoms with Crippen LogP contribution in [0.1, 0.15) is 12.0 Å². The Kier molecular flexibility index (Phi) is 6.39. The van der Waals surface area contributed by atoms with Crippen LogP contribution in [0, 0.1) is 10.1 Å². The van der Waals surface area contributed by atoms with E-state index < -0.39 is 10.2 Å². The zero-order chi connectivity index (χ0) is 21.0. The topological polar surface area (TPSA) is 131 Å². The molecule has 0 saturated carbocycles. The van der Waals surface area contributed by atoms with Gasteiger partial charge >= 0.3 is 0 Å². The Labute approximate surface area is 177 Å². The summed E-state index contributed by atoms with van der Waals surface area (Å²) in [5.41, 5.74) is 6.45. The average molecular weight is 476 g/mol. The highest BCUT2D eigenvalue weighted by Gasteiger charge is 2.40. The summed E-state index contributed by atoms with van der Waals surface area (Å²) in [5.74, 6) is -0.714. The number of halogens is 1. The molecular weight excluding hydrogens is 462 g/mol. The van der Waals surface area contributed by atoms with E-state index in [1.54, 1.807) is 36.4 Å². The predicted molar refractivity (Wildman–Crippen MR) is 115 cm³/mol. The number of nitrogens with two attached hydrogens (primary N) is 1. The van der Waals surface area contributed by atoms with Crippen molar-refractivity contribution in [1.29, 1.82) is 0 Å². The van der Waals surface area contributed by atoms with Crippen molar-refractivity contribution >= 4 is 62.3 Å². The van der Waals surface area contributed by atoms with Gasteiger partial charge in [-0.3, -0.25) is 19.7 Å². The standard InChI is InChI=1S/C18H14BrN5O4S/c19-12-5-7-13(8-6-12)23-16(25)9-15(17(23)26)29-18(20)22-21-10-11-3-1-2-4-14(11)24(27)28/h1-8,10,15H,9H2,(H2,20,22)/b21-10-/t15-/m0/s1. The van der Waals surface area contributed by atoms with Crippen LogP contribution < -0.4 is 10.6 Å². The normalized spacial score (nSPS) is 17.3. The number of hydrogen-bond acceptors (Lipinski definition) is 7. The van der Waals surface area contributed by atoms with Gasteiger partial charge in [0.05, 0.1) is 22.4 Å². The number of anilines is 1. The first-order valence-electron chi connectivity index (χ1n) is 8.25. The Morgan fingerprint density at radius 1 is 1.24 bits per heavy atom. The monoisotopic (exact) mass is 475 g/mol. The lowest BCUT2D eigenvalue weighted by Crippen LogP contribution is -2.31. The number of benzene rings is 2. The smallest absolute Gasteiger partial charge is 0.278 e. The van der Waals surface area contributed by atoms with Crippen molar-refractivity contribution in [3.63, 3.8) is 0 Å². The number of nitro benzene ring substituents is 1. The Morgan fingerprint density at radius 3 is 2.62 bits per heavy atom. The van der Waals surface area contributed by atoms with Gasteiger partial charge in [-0.05, 0) is 30.3 Å².